The number of carboxylic acid groups (broad SMARTS) is 1. The fraction of sp³-hybridized carbons (Fsp3) is 0.385. The van der Waals surface area contributed by atoms with Gasteiger partial charge in [-0.2, -0.15) is 5.26 Å². The van der Waals surface area contributed by atoms with E-state index >= 15 is 0 Å². The lowest BCUT2D eigenvalue weighted by molar-refractivity contribution is -0.385. The second-order valence-corrected chi connectivity index (χ2v) is 4.86. The average molecular weight is 275 g/mol. The zero-order valence-corrected chi connectivity index (χ0v) is 10.8. The van der Waals surface area contributed by atoms with Crippen LogP contribution in [0.4, 0.5) is 11.4 Å². The molecule has 2 rings (SSSR count). The van der Waals surface area contributed by atoms with E-state index in [2.05, 4.69) is 0 Å². The molecular formula is C13H13N3O4. The van der Waals surface area contributed by atoms with E-state index in [9.17, 15) is 14.9 Å². The molecule has 0 aliphatic carbocycles. The zero-order chi connectivity index (χ0) is 14.9. The summed E-state index contributed by atoms with van der Waals surface area (Å²) in [4.78, 5) is 22.9. The SMILES string of the molecule is CC(C(=O)O)C1CN(c2ccc([N+](=O)[O-])c(C#N)c2)C1. The van der Waals surface area contributed by atoms with Crippen LogP contribution in [0.3, 0.4) is 0 Å². The number of hydrogen-bond donors (Lipinski definition) is 1. The van der Waals surface area contributed by atoms with E-state index in [0.717, 1.165) is 0 Å². The van der Waals surface area contributed by atoms with Crippen LogP contribution in [-0.4, -0.2) is 29.1 Å². The highest BCUT2D eigenvalue weighted by Crippen LogP contribution is 2.32. The second-order valence-electron chi connectivity index (χ2n) is 4.86. The molecule has 0 radical (unpaired) electrons. The predicted molar refractivity (Wildman–Crippen MR) is 70.3 cm³/mol. The monoisotopic (exact) mass is 275 g/mol. The Bertz CT molecular complexity index is 602. The molecule has 1 aliphatic heterocycles. The summed E-state index contributed by atoms with van der Waals surface area (Å²) in [5.41, 5.74) is 0.510. The first-order valence-electron chi connectivity index (χ1n) is 6.10. The topological polar surface area (TPSA) is 107 Å². The molecule has 1 heterocycles. The van der Waals surface area contributed by atoms with Crippen LogP contribution in [0.2, 0.25) is 0 Å². The minimum Gasteiger partial charge on any atom is -0.481 e. The zero-order valence-electron chi connectivity index (χ0n) is 10.8. The van der Waals surface area contributed by atoms with Crippen LogP contribution in [0, 0.1) is 33.3 Å². The number of anilines is 1. The average Bonchev–Trinajstić information content (AvgIpc) is 2.36. The minimum atomic E-state index is -0.823. The molecule has 20 heavy (non-hydrogen) atoms. The van der Waals surface area contributed by atoms with Gasteiger partial charge in [-0.15, -0.1) is 0 Å². The van der Waals surface area contributed by atoms with E-state index in [1.165, 1.54) is 12.1 Å². The van der Waals surface area contributed by atoms with Crippen LogP contribution in [0.15, 0.2) is 18.2 Å². The maximum atomic E-state index is 10.9. The maximum Gasteiger partial charge on any atom is 0.306 e. The van der Waals surface area contributed by atoms with Crippen molar-refractivity contribution in [3.8, 4) is 6.07 Å². The molecule has 0 amide bonds. The third kappa shape index (κ3) is 2.40. The number of hydrogen-bond acceptors (Lipinski definition) is 5. The highest BCUT2D eigenvalue weighted by atomic mass is 16.6. The molecule has 1 unspecified atom stereocenters. The molecule has 0 bridgehead atoms. The summed E-state index contributed by atoms with van der Waals surface area (Å²) in [6.45, 7) is 2.83. The number of nitrogens with zero attached hydrogens (tertiary/aromatic N) is 3. The molecule has 1 N–H and O–H groups in total. The van der Waals surface area contributed by atoms with E-state index in [0.29, 0.717) is 18.8 Å². The maximum absolute atomic E-state index is 10.9. The molecule has 1 aliphatic rings. The van der Waals surface area contributed by atoms with Crippen LogP contribution in [0.1, 0.15) is 12.5 Å². The smallest absolute Gasteiger partial charge is 0.306 e. The summed E-state index contributed by atoms with van der Waals surface area (Å²) >= 11 is 0. The molecule has 7 nitrogen and oxygen atoms in total. The number of carbonyl (C=O) groups is 1. The normalized spacial score (nSPS) is 16.1. The van der Waals surface area contributed by atoms with Crippen LogP contribution >= 0.6 is 0 Å². The summed E-state index contributed by atoms with van der Waals surface area (Å²) in [5, 5.41) is 28.6. The van der Waals surface area contributed by atoms with Gasteiger partial charge in [0, 0.05) is 30.8 Å². The molecule has 1 atom stereocenters. The first kappa shape index (κ1) is 13.8. The van der Waals surface area contributed by atoms with E-state index in [-0.39, 0.29) is 17.2 Å². The van der Waals surface area contributed by atoms with Crippen molar-refractivity contribution in [2.75, 3.05) is 18.0 Å². The lowest BCUT2D eigenvalue weighted by Gasteiger charge is -2.42. The van der Waals surface area contributed by atoms with Crippen molar-refractivity contribution in [3.63, 3.8) is 0 Å². The Morgan fingerprint density at radius 2 is 2.25 bits per heavy atom. The molecule has 1 aromatic rings. The molecule has 0 saturated carbocycles. The summed E-state index contributed by atoms with van der Waals surface area (Å²) in [6.07, 6.45) is 0. The largest absolute Gasteiger partial charge is 0.481 e. The van der Waals surface area contributed by atoms with Gasteiger partial charge in [0.05, 0.1) is 10.8 Å². The number of nitro benzene ring substituents is 1. The number of aliphatic carboxylic acids is 1. The fourth-order valence-electron chi connectivity index (χ4n) is 2.21. The third-order valence-electron chi connectivity index (χ3n) is 3.67. The third-order valence-corrected chi connectivity index (χ3v) is 3.67. The molecule has 1 aromatic carbocycles. The summed E-state index contributed by atoms with van der Waals surface area (Å²) in [7, 11) is 0. The van der Waals surface area contributed by atoms with Crippen molar-refractivity contribution < 1.29 is 14.8 Å². The number of benzene rings is 1. The van der Waals surface area contributed by atoms with Gasteiger partial charge in [-0.25, -0.2) is 0 Å². The van der Waals surface area contributed by atoms with Gasteiger partial charge in [-0.1, -0.05) is 6.92 Å². The van der Waals surface area contributed by atoms with Gasteiger partial charge in [0.1, 0.15) is 11.6 Å². The van der Waals surface area contributed by atoms with Gasteiger partial charge in [0.15, 0.2) is 0 Å². The van der Waals surface area contributed by atoms with E-state index in [4.69, 9.17) is 10.4 Å². The minimum absolute atomic E-state index is 0.0160. The van der Waals surface area contributed by atoms with Crippen molar-refractivity contribution in [3.05, 3.63) is 33.9 Å². The Kier molecular flexibility index (Phi) is 3.57. The number of rotatable bonds is 4. The summed E-state index contributed by atoms with van der Waals surface area (Å²) < 4.78 is 0. The lowest BCUT2D eigenvalue weighted by Crippen LogP contribution is -2.51. The number of nitro groups is 1. The van der Waals surface area contributed by atoms with Crippen molar-refractivity contribution in [2.45, 2.75) is 6.92 Å². The van der Waals surface area contributed by atoms with Crippen molar-refractivity contribution in [2.24, 2.45) is 11.8 Å². The van der Waals surface area contributed by atoms with E-state index < -0.39 is 16.8 Å². The standard InChI is InChI=1S/C13H13N3O4/c1-8(13(17)18)10-6-15(7-10)11-2-3-12(16(19)20)9(4-11)5-14/h2-4,8,10H,6-7H2,1H3,(H,17,18). The van der Waals surface area contributed by atoms with Crippen molar-refractivity contribution in [1.82, 2.24) is 0 Å². The summed E-state index contributed by atoms with van der Waals surface area (Å²) in [5.74, 6) is -1.18. The van der Waals surface area contributed by atoms with Gasteiger partial charge in [-0.3, -0.25) is 14.9 Å². The fourth-order valence-corrected chi connectivity index (χ4v) is 2.21. The van der Waals surface area contributed by atoms with Crippen LogP contribution < -0.4 is 4.90 Å². The van der Waals surface area contributed by atoms with Crippen LogP contribution in [0.5, 0.6) is 0 Å². The van der Waals surface area contributed by atoms with Crippen LogP contribution in [0.25, 0.3) is 0 Å². The molecular weight excluding hydrogens is 262 g/mol. The Labute approximate surface area is 115 Å². The molecule has 0 aromatic heterocycles. The molecule has 7 heteroatoms. The molecule has 1 saturated heterocycles. The first-order valence-corrected chi connectivity index (χ1v) is 6.10. The van der Waals surface area contributed by atoms with Gasteiger partial charge in [-0.05, 0) is 12.1 Å². The van der Waals surface area contributed by atoms with Gasteiger partial charge >= 0.3 is 5.97 Å². The molecule has 104 valence electrons. The Morgan fingerprint density at radius 1 is 1.60 bits per heavy atom. The summed E-state index contributed by atoms with van der Waals surface area (Å²) in [6, 6.07) is 6.17. The lowest BCUT2D eigenvalue weighted by atomic mass is 9.86. The van der Waals surface area contributed by atoms with Gasteiger partial charge in [0.2, 0.25) is 0 Å². The Hall–Kier alpha value is -2.62. The first-order chi connectivity index (χ1) is 9.43. The molecule has 0 spiro atoms. The molecule has 1 fully saturated rings. The van der Waals surface area contributed by atoms with Crippen LogP contribution in [-0.2, 0) is 4.79 Å². The van der Waals surface area contributed by atoms with Crippen molar-refractivity contribution in [1.29, 1.82) is 5.26 Å². The Balaban J connectivity index is 2.12. The van der Waals surface area contributed by atoms with Crippen molar-refractivity contribution >= 4 is 17.3 Å². The predicted octanol–water partition coefficient (Wildman–Crippen LogP) is 1.62. The van der Waals surface area contributed by atoms with E-state index in [1.54, 1.807) is 13.0 Å². The highest BCUT2D eigenvalue weighted by molar-refractivity contribution is 5.71. The number of nitriles is 1. The van der Waals surface area contributed by atoms with Gasteiger partial charge < -0.3 is 10.0 Å². The quantitative estimate of drug-likeness (QED) is 0.660. The number of carboxylic acids is 1. The van der Waals surface area contributed by atoms with Gasteiger partial charge in [0.25, 0.3) is 5.69 Å². The second kappa shape index (κ2) is 5.17. The Morgan fingerprint density at radius 3 is 2.75 bits per heavy atom. The highest BCUT2D eigenvalue weighted by Gasteiger charge is 2.35. The van der Waals surface area contributed by atoms with E-state index in [1.807, 2.05) is 11.0 Å².